The van der Waals surface area contributed by atoms with Crippen LogP contribution >= 0.6 is 0 Å². The highest BCUT2D eigenvalue weighted by molar-refractivity contribution is 5.63. The molecule has 2 nitrogen and oxygen atoms in total. The smallest absolute Gasteiger partial charge is 0.0414 e. The summed E-state index contributed by atoms with van der Waals surface area (Å²) < 4.78 is 0. The molecule has 0 fully saturated rings. The Morgan fingerprint density at radius 2 is 1.20 bits per heavy atom. The monoisotopic (exact) mass is 281 g/mol. The average molecular weight is 281 g/mol. The Balaban J connectivity index is 3.05. The molecule has 0 aromatic heterocycles. The fourth-order valence-corrected chi connectivity index (χ4v) is 2.34. The molecule has 0 aromatic rings. The Bertz CT molecular complexity index is 234. The number of carbonyl (C=O) groups is 1. The van der Waals surface area contributed by atoms with Gasteiger partial charge in [-0.3, -0.25) is 0 Å². The Morgan fingerprint density at radius 1 is 0.750 bits per heavy atom. The van der Waals surface area contributed by atoms with Gasteiger partial charge >= 0.3 is 0 Å². The molecule has 0 rings (SSSR count). The molecule has 0 heterocycles. The molecule has 118 valence electrons. The first-order valence-corrected chi connectivity index (χ1v) is 8.62. The van der Waals surface area contributed by atoms with Crippen molar-refractivity contribution in [2.45, 2.75) is 96.8 Å². The number of hydrogen-bond acceptors (Lipinski definition) is 2. The fourth-order valence-electron chi connectivity index (χ4n) is 2.34. The summed E-state index contributed by atoms with van der Waals surface area (Å²) in [6.45, 7) is 2.25. The molecule has 0 unspecified atom stereocenters. The van der Waals surface area contributed by atoms with Crippen LogP contribution in [0.1, 0.15) is 96.8 Å². The first-order valence-electron chi connectivity index (χ1n) is 8.62. The number of allylic oxidation sites excluding steroid dienone is 2. The molecule has 2 heteroatoms. The molecule has 0 amide bonds. The van der Waals surface area contributed by atoms with Gasteiger partial charge < -0.3 is 9.90 Å². The van der Waals surface area contributed by atoms with Crippen molar-refractivity contribution in [1.29, 1.82) is 0 Å². The Morgan fingerprint density at radius 3 is 1.70 bits per heavy atom. The van der Waals surface area contributed by atoms with Crippen molar-refractivity contribution >= 4 is 5.97 Å². The van der Waals surface area contributed by atoms with Gasteiger partial charge in [-0.15, -0.1) is 0 Å². The molecule has 0 saturated carbocycles. The lowest BCUT2D eigenvalue weighted by Gasteiger charge is -2.02. The van der Waals surface area contributed by atoms with Crippen molar-refractivity contribution < 1.29 is 9.90 Å². The zero-order chi connectivity index (χ0) is 14.9. The van der Waals surface area contributed by atoms with Crippen LogP contribution in [0.3, 0.4) is 0 Å². The number of carboxylic acid groups (broad SMARTS) is 1. The van der Waals surface area contributed by atoms with Crippen LogP contribution in [0.4, 0.5) is 0 Å². The predicted molar refractivity (Wildman–Crippen MR) is 84.5 cm³/mol. The van der Waals surface area contributed by atoms with Gasteiger partial charge in [-0.1, -0.05) is 70.4 Å². The lowest BCUT2D eigenvalue weighted by atomic mass is 10.1. The molecule has 20 heavy (non-hydrogen) atoms. The molecule has 0 spiro atoms. The lowest BCUT2D eigenvalue weighted by Crippen LogP contribution is -2.21. The minimum absolute atomic E-state index is 0.225. The summed E-state index contributed by atoms with van der Waals surface area (Å²) in [6, 6.07) is 0. The highest BCUT2D eigenvalue weighted by Gasteiger charge is 1.92. The average Bonchev–Trinajstić information content (AvgIpc) is 2.43. The predicted octanol–water partition coefficient (Wildman–Crippen LogP) is 4.77. The second-order valence-electron chi connectivity index (χ2n) is 5.71. The Kier molecular flexibility index (Phi) is 15.6. The maximum absolute atomic E-state index is 10.2. The van der Waals surface area contributed by atoms with E-state index >= 15 is 0 Å². The molecule has 0 aromatic carbocycles. The molecule has 0 N–H and O–H groups in total. The van der Waals surface area contributed by atoms with E-state index in [1.54, 1.807) is 0 Å². The van der Waals surface area contributed by atoms with Crippen LogP contribution in [0.5, 0.6) is 0 Å². The number of hydrogen-bond donors (Lipinski definition) is 0. The summed E-state index contributed by atoms with van der Waals surface area (Å²) in [4.78, 5) is 10.2. The van der Waals surface area contributed by atoms with Gasteiger partial charge in [0, 0.05) is 5.97 Å². The summed E-state index contributed by atoms with van der Waals surface area (Å²) in [5.41, 5.74) is 0. The minimum Gasteiger partial charge on any atom is -0.550 e. The second-order valence-corrected chi connectivity index (χ2v) is 5.71. The minimum atomic E-state index is -0.911. The number of rotatable bonds is 15. The Hall–Kier alpha value is -0.790. The van der Waals surface area contributed by atoms with Crippen LogP contribution in [0.2, 0.25) is 0 Å². The van der Waals surface area contributed by atoms with Crippen molar-refractivity contribution in [3.63, 3.8) is 0 Å². The third kappa shape index (κ3) is 17.2. The summed E-state index contributed by atoms with van der Waals surface area (Å²) in [7, 11) is 0. The molecule has 0 bridgehead atoms. The largest absolute Gasteiger partial charge is 0.550 e. The second kappa shape index (κ2) is 16.3. The molecule has 0 saturated heterocycles. The molecular formula is C18H33O2-. The van der Waals surface area contributed by atoms with Gasteiger partial charge in [0.1, 0.15) is 0 Å². The molecule has 0 atom stereocenters. The van der Waals surface area contributed by atoms with E-state index in [9.17, 15) is 9.90 Å². The zero-order valence-electron chi connectivity index (χ0n) is 13.4. The van der Waals surface area contributed by atoms with E-state index in [-0.39, 0.29) is 6.42 Å². The number of carboxylic acids is 1. The van der Waals surface area contributed by atoms with Crippen molar-refractivity contribution in [2.75, 3.05) is 0 Å². The van der Waals surface area contributed by atoms with E-state index in [4.69, 9.17) is 0 Å². The van der Waals surface area contributed by atoms with Gasteiger partial charge in [-0.2, -0.15) is 0 Å². The van der Waals surface area contributed by atoms with Crippen molar-refractivity contribution in [3.05, 3.63) is 12.2 Å². The van der Waals surface area contributed by atoms with E-state index in [1.165, 1.54) is 70.6 Å². The Labute approximate surface area is 125 Å². The van der Waals surface area contributed by atoms with E-state index < -0.39 is 5.97 Å². The van der Waals surface area contributed by atoms with Crippen molar-refractivity contribution in [2.24, 2.45) is 0 Å². The van der Waals surface area contributed by atoms with Gasteiger partial charge in [-0.25, -0.2) is 0 Å². The summed E-state index contributed by atoms with van der Waals surface area (Å²) >= 11 is 0. The number of unbranched alkanes of at least 4 members (excludes halogenated alkanes) is 11. The third-order valence-electron chi connectivity index (χ3n) is 3.64. The van der Waals surface area contributed by atoms with Crippen molar-refractivity contribution in [1.82, 2.24) is 0 Å². The quantitative estimate of drug-likeness (QED) is 0.320. The van der Waals surface area contributed by atoms with E-state index in [0.717, 1.165) is 12.8 Å². The van der Waals surface area contributed by atoms with Crippen LogP contribution in [-0.2, 0) is 4.79 Å². The lowest BCUT2D eigenvalue weighted by molar-refractivity contribution is -0.305. The zero-order valence-corrected chi connectivity index (χ0v) is 13.4. The van der Waals surface area contributed by atoms with Gasteiger partial charge in [0.2, 0.25) is 0 Å². The standard InChI is InChI=1S/C18H34O2/c1-2-3-4-5-6-7-8-9-10-11-12-13-14-15-16-17-18(19)20/h7-8H,2-6,9-17H2,1H3,(H,19,20)/p-1/b8-7+. The molecule has 0 radical (unpaired) electrons. The fraction of sp³-hybridized carbons (Fsp3) is 0.833. The first-order chi connectivity index (χ1) is 9.77. The van der Waals surface area contributed by atoms with Crippen LogP contribution in [0.15, 0.2) is 12.2 Å². The third-order valence-corrected chi connectivity index (χ3v) is 3.64. The van der Waals surface area contributed by atoms with Gasteiger partial charge in [0.05, 0.1) is 0 Å². The highest BCUT2D eigenvalue weighted by atomic mass is 16.4. The van der Waals surface area contributed by atoms with Gasteiger partial charge in [0.15, 0.2) is 0 Å². The summed E-state index contributed by atoms with van der Waals surface area (Å²) in [6.07, 6.45) is 20.9. The molecular weight excluding hydrogens is 248 g/mol. The van der Waals surface area contributed by atoms with Crippen molar-refractivity contribution in [3.8, 4) is 0 Å². The van der Waals surface area contributed by atoms with Crippen LogP contribution < -0.4 is 5.11 Å². The van der Waals surface area contributed by atoms with Crippen LogP contribution in [0, 0.1) is 0 Å². The molecule has 0 aliphatic rings. The number of aliphatic carboxylic acids is 1. The molecule has 0 aliphatic carbocycles. The van der Waals surface area contributed by atoms with Gasteiger partial charge in [-0.05, 0) is 38.5 Å². The van der Waals surface area contributed by atoms with E-state index in [0.29, 0.717) is 0 Å². The summed E-state index contributed by atoms with van der Waals surface area (Å²) in [5.74, 6) is -0.911. The van der Waals surface area contributed by atoms with Crippen LogP contribution in [-0.4, -0.2) is 5.97 Å². The highest BCUT2D eigenvalue weighted by Crippen LogP contribution is 2.10. The summed E-state index contributed by atoms with van der Waals surface area (Å²) in [5, 5.41) is 10.2. The number of carbonyl (C=O) groups excluding carboxylic acids is 1. The SMILES string of the molecule is CCCCCC/C=C/CCCCCCCCCC(=O)[O-]. The first kappa shape index (κ1) is 19.2. The van der Waals surface area contributed by atoms with E-state index in [2.05, 4.69) is 19.1 Å². The van der Waals surface area contributed by atoms with Gasteiger partial charge in [0.25, 0.3) is 0 Å². The van der Waals surface area contributed by atoms with Crippen LogP contribution in [0.25, 0.3) is 0 Å². The molecule has 0 aliphatic heterocycles. The van der Waals surface area contributed by atoms with E-state index in [1.807, 2.05) is 0 Å². The maximum atomic E-state index is 10.2. The topological polar surface area (TPSA) is 40.1 Å². The maximum Gasteiger partial charge on any atom is 0.0414 e. The normalized spacial score (nSPS) is 11.2.